The molecule has 0 aliphatic carbocycles. The molecule has 27 heavy (non-hydrogen) atoms. The van der Waals surface area contributed by atoms with Gasteiger partial charge in [-0.1, -0.05) is 22.5 Å². The summed E-state index contributed by atoms with van der Waals surface area (Å²) in [5.74, 6) is -0.354. The van der Waals surface area contributed by atoms with Crippen LogP contribution in [0.3, 0.4) is 0 Å². The Morgan fingerprint density at radius 2 is 1.81 bits per heavy atom. The maximum atomic E-state index is 12.3. The molecule has 0 saturated heterocycles. The zero-order valence-electron chi connectivity index (χ0n) is 15.5. The third-order valence-corrected chi connectivity index (χ3v) is 5.18. The predicted molar refractivity (Wildman–Crippen MR) is 101 cm³/mol. The van der Waals surface area contributed by atoms with Gasteiger partial charge in [0.25, 0.3) is 5.91 Å². The molecule has 0 radical (unpaired) electrons. The molecule has 1 amide bonds. The lowest BCUT2D eigenvalue weighted by molar-refractivity contribution is -0.121. The number of fused-ring (bicyclic) bond motifs is 1. The Hall–Kier alpha value is -2.94. The zero-order valence-corrected chi connectivity index (χ0v) is 16.3. The number of nitrogens with one attached hydrogen (secondary N) is 1. The van der Waals surface area contributed by atoms with Crippen molar-refractivity contribution >= 4 is 32.5 Å². The Balaban J connectivity index is 1.76. The molecule has 0 spiro atoms. The van der Waals surface area contributed by atoms with Gasteiger partial charge in [0, 0.05) is 11.9 Å². The third-order valence-electron chi connectivity index (χ3n) is 4.07. The number of sulfone groups is 1. The number of benzene rings is 2. The minimum atomic E-state index is -3.38. The average molecular weight is 388 g/mol. The van der Waals surface area contributed by atoms with Gasteiger partial charge < -0.3 is 10.2 Å². The molecular formula is C18H20N4O4S. The lowest BCUT2D eigenvalue weighted by Gasteiger charge is -2.13. The molecule has 3 rings (SSSR count). The molecule has 0 bridgehead atoms. The largest absolute Gasteiger partial charge is 0.385 e. The third kappa shape index (κ3) is 4.08. The molecule has 0 saturated carbocycles. The van der Waals surface area contributed by atoms with E-state index in [2.05, 4.69) is 15.6 Å². The van der Waals surface area contributed by atoms with Crippen molar-refractivity contribution in [2.75, 3.05) is 18.2 Å². The highest BCUT2D eigenvalue weighted by Gasteiger charge is 2.14. The van der Waals surface area contributed by atoms with Gasteiger partial charge in [-0.15, -0.1) is 5.10 Å². The minimum Gasteiger partial charge on any atom is -0.385 e. The zero-order chi connectivity index (χ0) is 19.8. The molecule has 0 aliphatic rings. The fraction of sp³-hybridized carbons (Fsp3) is 0.278. The smallest absolute Gasteiger partial charge is 0.265 e. The van der Waals surface area contributed by atoms with Gasteiger partial charge in [-0.3, -0.25) is 4.79 Å². The maximum absolute atomic E-state index is 12.3. The number of rotatable bonds is 5. The molecule has 0 unspecified atom stereocenters. The Bertz CT molecular complexity index is 1110. The van der Waals surface area contributed by atoms with Gasteiger partial charge in [-0.2, -0.15) is 0 Å². The molecule has 8 nitrogen and oxygen atoms in total. The van der Waals surface area contributed by atoms with Crippen LogP contribution in [0, 0.1) is 20.8 Å². The van der Waals surface area contributed by atoms with E-state index < -0.39 is 9.84 Å². The summed E-state index contributed by atoms with van der Waals surface area (Å²) in [5.41, 5.74) is 4.63. The Kier molecular flexibility index (Phi) is 4.88. The lowest BCUT2D eigenvalue weighted by atomic mass is 10.1. The number of amides is 1. The average Bonchev–Trinajstić information content (AvgIpc) is 2.97. The van der Waals surface area contributed by atoms with Crippen molar-refractivity contribution in [3.63, 3.8) is 0 Å². The topological polar surface area (TPSA) is 103 Å². The van der Waals surface area contributed by atoms with Crippen LogP contribution in [0.4, 0.5) is 5.69 Å². The Morgan fingerprint density at radius 1 is 1.15 bits per heavy atom. The standard InChI is InChI=1S/C18H20N4O4S/c1-11-7-12(2)18(13(3)8-11)19-17(23)10-26-22-16-9-14(27(4,24)25)5-6-15(16)20-21-22/h5-9H,10H2,1-4H3,(H,19,23). The highest BCUT2D eigenvalue weighted by Crippen LogP contribution is 2.22. The van der Waals surface area contributed by atoms with Crippen molar-refractivity contribution in [1.82, 2.24) is 15.2 Å². The summed E-state index contributed by atoms with van der Waals surface area (Å²) >= 11 is 0. The highest BCUT2D eigenvalue weighted by molar-refractivity contribution is 7.90. The molecule has 2 aromatic carbocycles. The molecule has 0 atom stereocenters. The quantitative estimate of drug-likeness (QED) is 0.715. The molecule has 0 fully saturated rings. The van der Waals surface area contributed by atoms with E-state index in [1.807, 2.05) is 32.9 Å². The molecule has 142 valence electrons. The van der Waals surface area contributed by atoms with Gasteiger partial charge in [0.15, 0.2) is 16.4 Å². The molecular weight excluding hydrogens is 368 g/mol. The summed E-state index contributed by atoms with van der Waals surface area (Å²) in [4.78, 5) is 18.8. The van der Waals surface area contributed by atoms with Gasteiger partial charge in [0.05, 0.1) is 4.90 Å². The predicted octanol–water partition coefficient (Wildman–Crippen LogP) is 1.83. The van der Waals surface area contributed by atoms with E-state index >= 15 is 0 Å². The van der Waals surface area contributed by atoms with Crippen molar-refractivity contribution in [2.24, 2.45) is 0 Å². The van der Waals surface area contributed by atoms with Gasteiger partial charge in [0.1, 0.15) is 11.0 Å². The first-order chi connectivity index (χ1) is 12.6. The van der Waals surface area contributed by atoms with E-state index in [0.717, 1.165) is 33.5 Å². The molecule has 1 heterocycles. The van der Waals surface area contributed by atoms with Crippen LogP contribution in [0.15, 0.2) is 35.2 Å². The number of carbonyl (C=O) groups excluding carboxylic acids is 1. The SMILES string of the molecule is Cc1cc(C)c(NC(=O)COn2nnc3ccc(S(C)(=O)=O)cc32)c(C)c1. The van der Waals surface area contributed by atoms with E-state index in [4.69, 9.17) is 4.84 Å². The van der Waals surface area contributed by atoms with E-state index in [-0.39, 0.29) is 17.4 Å². The van der Waals surface area contributed by atoms with Gasteiger partial charge in [-0.25, -0.2) is 8.42 Å². The summed E-state index contributed by atoms with van der Waals surface area (Å²) in [7, 11) is -3.38. The van der Waals surface area contributed by atoms with Crippen LogP contribution in [0.25, 0.3) is 11.0 Å². The number of hydrogen-bond donors (Lipinski definition) is 1. The van der Waals surface area contributed by atoms with Gasteiger partial charge in [-0.05, 0) is 55.3 Å². The number of carbonyl (C=O) groups is 1. The lowest BCUT2D eigenvalue weighted by Crippen LogP contribution is -2.26. The van der Waals surface area contributed by atoms with Crippen LogP contribution in [0.5, 0.6) is 0 Å². The van der Waals surface area contributed by atoms with E-state index in [0.29, 0.717) is 11.0 Å². The molecule has 0 aliphatic heterocycles. The second kappa shape index (κ2) is 6.99. The van der Waals surface area contributed by atoms with Crippen LogP contribution >= 0.6 is 0 Å². The van der Waals surface area contributed by atoms with Crippen LogP contribution < -0.4 is 10.2 Å². The Labute approximate surface area is 157 Å². The summed E-state index contributed by atoms with van der Waals surface area (Å²) in [6.45, 7) is 5.55. The number of aromatic nitrogens is 3. The molecule has 1 aromatic heterocycles. The van der Waals surface area contributed by atoms with Gasteiger partial charge >= 0.3 is 0 Å². The summed E-state index contributed by atoms with van der Waals surface area (Å²) in [6, 6.07) is 8.38. The summed E-state index contributed by atoms with van der Waals surface area (Å²) in [5, 5.41) is 10.5. The van der Waals surface area contributed by atoms with E-state index in [1.54, 1.807) is 0 Å². The van der Waals surface area contributed by atoms with Crippen molar-refractivity contribution in [3.8, 4) is 0 Å². The highest BCUT2D eigenvalue weighted by atomic mass is 32.2. The van der Waals surface area contributed by atoms with E-state index in [9.17, 15) is 13.2 Å². The van der Waals surface area contributed by atoms with Crippen molar-refractivity contribution < 1.29 is 18.0 Å². The fourth-order valence-electron chi connectivity index (χ4n) is 2.88. The number of aryl methyl sites for hydroxylation is 3. The summed E-state index contributed by atoms with van der Waals surface area (Å²) in [6.07, 6.45) is 1.11. The first-order valence-corrected chi connectivity index (χ1v) is 10.1. The molecule has 9 heteroatoms. The first kappa shape index (κ1) is 18.8. The first-order valence-electron chi connectivity index (χ1n) is 8.21. The van der Waals surface area contributed by atoms with Gasteiger partial charge in [0.2, 0.25) is 0 Å². The number of hydrogen-bond acceptors (Lipinski definition) is 6. The van der Waals surface area contributed by atoms with Crippen LogP contribution in [0.1, 0.15) is 16.7 Å². The normalized spacial score (nSPS) is 11.6. The summed E-state index contributed by atoms with van der Waals surface area (Å²) < 4.78 is 23.4. The van der Waals surface area contributed by atoms with Crippen LogP contribution in [-0.2, 0) is 14.6 Å². The van der Waals surface area contributed by atoms with Crippen LogP contribution in [0.2, 0.25) is 0 Å². The van der Waals surface area contributed by atoms with Crippen molar-refractivity contribution in [1.29, 1.82) is 0 Å². The Morgan fingerprint density at radius 3 is 2.44 bits per heavy atom. The monoisotopic (exact) mass is 388 g/mol. The minimum absolute atomic E-state index is 0.123. The second-order valence-electron chi connectivity index (χ2n) is 6.48. The number of nitrogens with zero attached hydrogens (tertiary/aromatic N) is 3. The molecule has 1 N–H and O–H groups in total. The maximum Gasteiger partial charge on any atom is 0.265 e. The molecule has 3 aromatic rings. The fourth-order valence-corrected chi connectivity index (χ4v) is 3.52. The van der Waals surface area contributed by atoms with Crippen molar-refractivity contribution in [3.05, 3.63) is 47.0 Å². The second-order valence-corrected chi connectivity index (χ2v) is 8.50. The van der Waals surface area contributed by atoms with Crippen molar-refractivity contribution in [2.45, 2.75) is 25.7 Å². The van der Waals surface area contributed by atoms with Crippen LogP contribution in [-0.4, -0.2) is 42.3 Å². The number of anilines is 1. The van der Waals surface area contributed by atoms with E-state index in [1.165, 1.54) is 18.2 Å².